The molecule has 1 heterocycles. The molecule has 1 N–H and O–H groups in total. The van der Waals surface area contributed by atoms with Crippen LogP contribution in [-0.4, -0.2) is 34.5 Å². The average molecular weight is 345 g/mol. The molecule has 0 spiro atoms. The van der Waals surface area contributed by atoms with Crippen LogP contribution in [0.4, 0.5) is 10.2 Å². The molecule has 1 aromatic heterocycles. The Hall–Kier alpha value is -2.70. The number of benzene rings is 1. The topological polar surface area (TPSA) is 75.4 Å². The van der Waals surface area contributed by atoms with Crippen LogP contribution < -0.4 is 5.32 Å². The maximum Gasteiger partial charge on any atom is 0.257 e. The minimum atomic E-state index is -0.579. The summed E-state index contributed by atoms with van der Waals surface area (Å²) < 4.78 is 18.7. The Balaban J connectivity index is 1.78. The number of carbonyl (C=O) groups excluding carboxylic acids is 2. The van der Waals surface area contributed by atoms with Crippen molar-refractivity contribution in [1.29, 1.82) is 0 Å². The minimum absolute atomic E-state index is 0.0118. The zero-order chi connectivity index (χ0) is 17.6. The number of aromatic nitrogens is 1. The molecule has 132 valence electrons. The van der Waals surface area contributed by atoms with E-state index in [-0.39, 0.29) is 29.9 Å². The van der Waals surface area contributed by atoms with E-state index in [0.29, 0.717) is 0 Å². The van der Waals surface area contributed by atoms with Crippen molar-refractivity contribution in [3.63, 3.8) is 0 Å². The normalized spacial score (nSPS) is 14.9. The summed E-state index contributed by atoms with van der Waals surface area (Å²) in [5.74, 6) is -1.14. The highest BCUT2D eigenvalue weighted by Gasteiger charge is 2.29. The van der Waals surface area contributed by atoms with E-state index in [1.807, 2.05) is 0 Å². The van der Waals surface area contributed by atoms with Crippen LogP contribution in [0.2, 0.25) is 0 Å². The molecule has 1 aliphatic carbocycles. The fraction of sp³-hybridized carbons (Fsp3) is 0.389. The van der Waals surface area contributed by atoms with Gasteiger partial charge in [-0.3, -0.25) is 9.59 Å². The molecule has 1 aliphatic rings. The molecule has 2 aromatic rings. The summed E-state index contributed by atoms with van der Waals surface area (Å²) >= 11 is 0. The standard InChI is InChI=1S/C18H20FN3O3/c19-15-9-5-4-8-14(15)18(24)22(13-6-2-1-3-7-13)12-17(23)20-16-10-11-25-21-16/h4-5,8-11,13H,1-3,6-7,12H2,(H,20,21,23). The van der Waals surface area contributed by atoms with Gasteiger partial charge >= 0.3 is 0 Å². The molecule has 3 rings (SSSR count). The molecule has 7 heteroatoms. The van der Waals surface area contributed by atoms with E-state index < -0.39 is 11.7 Å². The molecule has 25 heavy (non-hydrogen) atoms. The van der Waals surface area contributed by atoms with Gasteiger partial charge in [-0.05, 0) is 25.0 Å². The third kappa shape index (κ3) is 4.23. The van der Waals surface area contributed by atoms with E-state index in [2.05, 4.69) is 15.0 Å². The predicted octanol–water partition coefficient (Wildman–Crippen LogP) is 3.23. The molecule has 1 fully saturated rings. The lowest BCUT2D eigenvalue weighted by molar-refractivity contribution is -0.117. The Labute approximate surface area is 145 Å². The second-order valence-corrected chi connectivity index (χ2v) is 6.14. The van der Waals surface area contributed by atoms with E-state index >= 15 is 0 Å². The van der Waals surface area contributed by atoms with Gasteiger partial charge in [0.1, 0.15) is 18.6 Å². The minimum Gasteiger partial charge on any atom is -0.363 e. The number of hydrogen-bond donors (Lipinski definition) is 1. The lowest BCUT2D eigenvalue weighted by Crippen LogP contribution is -2.46. The molecule has 0 unspecified atom stereocenters. The number of nitrogens with zero attached hydrogens (tertiary/aromatic N) is 2. The second-order valence-electron chi connectivity index (χ2n) is 6.14. The number of carbonyl (C=O) groups is 2. The van der Waals surface area contributed by atoms with Gasteiger partial charge in [0.2, 0.25) is 5.91 Å². The van der Waals surface area contributed by atoms with Gasteiger partial charge < -0.3 is 14.7 Å². The summed E-state index contributed by atoms with van der Waals surface area (Å²) in [6.07, 6.45) is 6.09. The Bertz CT molecular complexity index is 727. The van der Waals surface area contributed by atoms with E-state index in [0.717, 1.165) is 32.1 Å². The van der Waals surface area contributed by atoms with Crippen LogP contribution in [0.3, 0.4) is 0 Å². The van der Waals surface area contributed by atoms with Crippen LogP contribution in [-0.2, 0) is 4.79 Å². The van der Waals surface area contributed by atoms with Crippen LogP contribution in [0.15, 0.2) is 41.1 Å². The Kier molecular flexibility index (Phi) is 5.42. The molecule has 0 radical (unpaired) electrons. The van der Waals surface area contributed by atoms with Crippen LogP contribution >= 0.6 is 0 Å². The molecular formula is C18H20FN3O3. The first-order chi connectivity index (χ1) is 12.1. The number of halogens is 1. The van der Waals surface area contributed by atoms with Crippen molar-refractivity contribution in [2.45, 2.75) is 38.1 Å². The van der Waals surface area contributed by atoms with Gasteiger partial charge in [0.25, 0.3) is 5.91 Å². The van der Waals surface area contributed by atoms with Gasteiger partial charge in [0.05, 0.1) is 5.56 Å². The number of anilines is 1. The van der Waals surface area contributed by atoms with E-state index in [1.165, 1.54) is 35.4 Å². The first-order valence-electron chi connectivity index (χ1n) is 8.41. The highest BCUT2D eigenvalue weighted by Crippen LogP contribution is 2.24. The molecule has 0 aliphatic heterocycles. The van der Waals surface area contributed by atoms with Crippen LogP contribution in [0.1, 0.15) is 42.5 Å². The third-order valence-corrected chi connectivity index (χ3v) is 4.40. The number of nitrogens with one attached hydrogen (secondary N) is 1. The zero-order valence-electron chi connectivity index (χ0n) is 13.8. The lowest BCUT2D eigenvalue weighted by Gasteiger charge is -2.34. The van der Waals surface area contributed by atoms with Gasteiger partial charge in [0.15, 0.2) is 5.82 Å². The largest absolute Gasteiger partial charge is 0.363 e. The smallest absolute Gasteiger partial charge is 0.257 e. The van der Waals surface area contributed by atoms with Gasteiger partial charge in [0, 0.05) is 12.1 Å². The second kappa shape index (κ2) is 7.92. The molecule has 0 saturated heterocycles. The lowest BCUT2D eigenvalue weighted by atomic mass is 9.93. The Morgan fingerprint density at radius 1 is 1.20 bits per heavy atom. The summed E-state index contributed by atoms with van der Waals surface area (Å²) in [6.45, 7) is -0.148. The van der Waals surface area contributed by atoms with E-state index in [4.69, 9.17) is 0 Å². The van der Waals surface area contributed by atoms with Crippen molar-refractivity contribution >= 4 is 17.6 Å². The molecule has 1 saturated carbocycles. The summed E-state index contributed by atoms with van der Waals surface area (Å²) in [5, 5.41) is 6.20. The number of hydrogen-bond acceptors (Lipinski definition) is 4. The van der Waals surface area contributed by atoms with Crippen molar-refractivity contribution in [2.24, 2.45) is 0 Å². The number of rotatable bonds is 5. The molecule has 0 atom stereocenters. The number of amides is 2. The summed E-state index contributed by atoms with van der Waals surface area (Å²) in [7, 11) is 0. The van der Waals surface area contributed by atoms with Gasteiger partial charge in [-0.2, -0.15) is 0 Å². The van der Waals surface area contributed by atoms with Crippen LogP contribution in [0.25, 0.3) is 0 Å². The quantitative estimate of drug-likeness (QED) is 0.903. The Morgan fingerprint density at radius 3 is 2.64 bits per heavy atom. The van der Waals surface area contributed by atoms with Crippen molar-refractivity contribution in [1.82, 2.24) is 10.1 Å². The maximum atomic E-state index is 14.0. The van der Waals surface area contributed by atoms with E-state index in [9.17, 15) is 14.0 Å². The third-order valence-electron chi connectivity index (χ3n) is 4.40. The molecule has 2 amide bonds. The van der Waals surface area contributed by atoms with Crippen LogP contribution in [0, 0.1) is 5.82 Å². The molecular weight excluding hydrogens is 325 g/mol. The summed E-state index contributed by atoms with van der Waals surface area (Å²) in [6, 6.07) is 7.30. The fourth-order valence-electron chi connectivity index (χ4n) is 3.16. The molecule has 0 bridgehead atoms. The average Bonchev–Trinajstić information content (AvgIpc) is 3.13. The van der Waals surface area contributed by atoms with E-state index in [1.54, 1.807) is 6.07 Å². The fourth-order valence-corrected chi connectivity index (χ4v) is 3.16. The van der Waals surface area contributed by atoms with Crippen molar-refractivity contribution in [2.75, 3.05) is 11.9 Å². The highest BCUT2D eigenvalue weighted by atomic mass is 19.1. The predicted molar refractivity (Wildman–Crippen MR) is 89.4 cm³/mol. The molecule has 6 nitrogen and oxygen atoms in total. The Morgan fingerprint density at radius 2 is 1.96 bits per heavy atom. The summed E-state index contributed by atoms with van der Waals surface area (Å²) in [5.41, 5.74) is -0.0118. The van der Waals surface area contributed by atoms with Gasteiger partial charge in [-0.1, -0.05) is 36.6 Å². The SMILES string of the molecule is O=C(CN(C(=O)c1ccccc1F)C1CCCCC1)Nc1ccon1. The summed E-state index contributed by atoms with van der Waals surface area (Å²) in [4.78, 5) is 26.7. The maximum absolute atomic E-state index is 14.0. The molecule has 1 aromatic carbocycles. The first-order valence-corrected chi connectivity index (χ1v) is 8.41. The van der Waals surface area contributed by atoms with Crippen molar-refractivity contribution in [3.05, 3.63) is 48.0 Å². The first kappa shape index (κ1) is 17.1. The van der Waals surface area contributed by atoms with Gasteiger partial charge in [-0.25, -0.2) is 4.39 Å². The van der Waals surface area contributed by atoms with Crippen molar-refractivity contribution < 1.29 is 18.5 Å². The van der Waals surface area contributed by atoms with Crippen molar-refractivity contribution in [3.8, 4) is 0 Å². The highest BCUT2D eigenvalue weighted by molar-refractivity contribution is 5.99. The van der Waals surface area contributed by atoms with Crippen LogP contribution in [0.5, 0.6) is 0 Å². The van der Waals surface area contributed by atoms with Gasteiger partial charge in [-0.15, -0.1) is 0 Å². The zero-order valence-corrected chi connectivity index (χ0v) is 13.8. The monoisotopic (exact) mass is 345 g/mol.